The van der Waals surface area contributed by atoms with Crippen LogP contribution in [0, 0.1) is 6.92 Å². The van der Waals surface area contributed by atoms with Crippen LogP contribution < -0.4 is 10.6 Å². The zero-order valence-corrected chi connectivity index (χ0v) is 11.6. The van der Waals surface area contributed by atoms with Gasteiger partial charge in [-0.1, -0.05) is 37.3 Å². The summed E-state index contributed by atoms with van der Waals surface area (Å²) in [5.74, 6) is 0.894. The lowest BCUT2D eigenvalue weighted by Crippen LogP contribution is -2.25. The first-order chi connectivity index (χ1) is 9.22. The van der Waals surface area contributed by atoms with E-state index in [9.17, 15) is 0 Å². The zero-order chi connectivity index (χ0) is 13.7. The smallest absolute Gasteiger partial charge is 0.152 e. The van der Waals surface area contributed by atoms with Gasteiger partial charge in [0.15, 0.2) is 5.82 Å². The Kier molecular flexibility index (Phi) is 4.39. The van der Waals surface area contributed by atoms with E-state index < -0.39 is 0 Å². The van der Waals surface area contributed by atoms with Crippen LogP contribution in [0.1, 0.15) is 24.5 Å². The number of nitrogens with zero attached hydrogens (tertiary/aromatic N) is 2. The molecule has 19 heavy (non-hydrogen) atoms. The van der Waals surface area contributed by atoms with E-state index in [1.165, 1.54) is 5.56 Å². The maximum atomic E-state index is 6.16. The third-order valence-electron chi connectivity index (χ3n) is 3.20. The van der Waals surface area contributed by atoms with Crippen molar-refractivity contribution in [1.29, 1.82) is 0 Å². The van der Waals surface area contributed by atoms with Gasteiger partial charge in [0.05, 0.1) is 5.69 Å². The van der Waals surface area contributed by atoms with Crippen LogP contribution in [-0.2, 0) is 6.54 Å². The largest absolute Gasteiger partial charge is 0.396 e. The predicted molar refractivity (Wildman–Crippen MR) is 81.2 cm³/mol. The third kappa shape index (κ3) is 3.25. The molecule has 100 valence electrons. The summed E-state index contributed by atoms with van der Waals surface area (Å²) in [7, 11) is 0. The molecule has 0 aliphatic rings. The van der Waals surface area contributed by atoms with E-state index in [1.54, 1.807) is 0 Å². The molecular formula is C16H21N3. The van der Waals surface area contributed by atoms with E-state index in [1.807, 2.05) is 25.3 Å². The molecule has 1 heterocycles. The normalized spacial score (nSPS) is 10.4. The van der Waals surface area contributed by atoms with Gasteiger partial charge in [0.1, 0.15) is 0 Å². The Labute approximate surface area is 115 Å². The third-order valence-corrected chi connectivity index (χ3v) is 3.20. The Morgan fingerprint density at radius 1 is 1.16 bits per heavy atom. The van der Waals surface area contributed by atoms with Crippen LogP contribution >= 0.6 is 0 Å². The lowest BCUT2D eigenvalue weighted by atomic mass is 10.2. The second-order valence-corrected chi connectivity index (χ2v) is 4.77. The molecule has 0 amide bonds. The van der Waals surface area contributed by atoms with E-state index in [-0.39, 0.29) is 0 Å². The number of hydrogen-bond acceptors (Lipinski definition) is 3. The molecule has 0 bridgehead atoms. The SMILES string of the molecule is CCCN(Cc1ccccc1)c1nccc(C)c1N. The molecule has 0 saturated heterocycles. The number of nitrogen functional groups attached to an aromatic ring is 1. The number of pyridine rings is 1. The summed E-state index contributed by atoms with van der Waals surface area (Å²) in [6.07, 6.45) is 2.90. The average molecular weight is 255 g/mol. The van der Waals surface area contributed by atoms with Crippen molar-refractivity contribution in [1.82, 2.24) is 4.98 Å². The summed E-state index contributed by atoms with van der Waals surface area (Å²) in [5.41, 5.74) is 9.31. The van der Waals surface area contributed by atoms with Crippen molar-refractivity contribution in [3.8, 4) is 0 Å². The minimum atomic E-state index is 0.784. The molecule has 3 nitrogen and oxygen atoms in total. The fourth-order valence-corrected chi connectivity index (χ4v) is 2.14. The molecule has 2 rings (SSSR count). The predicted octanol–water partition coefficient (Wildman–Crippen LogP) is 3.39. The maximum Gasteiger partial charge on any atom is 0.152 e. The van der Waals surface area contributed by atoms with Gasteiger partial charge in [0.25, 0.3) is 0 Å². The molecule has 1 aromatic carbocycles. The van der Waals surface area contributed by atoms with Crippen LogP contribution in [0.4, 0.5) is 11.5 Å². The van der Waals surface area contributed by atoms with E-state index in [0.29, 0.717) is 0 Å². The van der Waals surface area contributed by atoms with Crippen LogP contribution in [0.25, 0.3) is 0 Å². The van der Waals surface area contributed by atoms with E-state index in [0.717, 1.165) is 36.6 Å². The number of aryl methyl sites for hydroxylation is 1. The molecule has 0 fully saturated rings. The molecule has 2 N–H and O–H groups in total. The van der Waals surface area contributed by atoms with Gasteiger partial charge in [-0.2, -0.15) is 0 Å². The lowest BCUT2D eigenvalue weighted by molar-refractivity contribution is 0.755. The number of rotatable bonds is 5. The first kappa shape index (κ1) is 13.4. The molecule has 0 spiro atoms. The van der Waals surface area contributed by atoms with Gasteiger partial charge in [-0.05, 0) is 30.5 Å². The van der Waals surface area contributed by atoms with Crippen LogP contribution in [0.2, 0.25) is 0 Å². The molecular weight excluding hydrogens is 234 g/mol. The second-order valence-electron chi connectivity index (χ2n) is 4.77. The second kappa shape index (κ2) is 6.23. The summed E-state index contributed by atoms with van der Waals surface area (Å²) in [4.78, 5) is 6.70. The molecule has 0 aliphatic carbocycles. The van der Waals surface area contributed by atoms with E-state index in [2.05, 4.69) is 41.1 Å². The molecule has 0 saturated carbocycles. The molecule has 1 aromatic heterocycles. The van der Waals surface area contributed by atoms with E-state index in [4.69, 9.17) is 5.73 Å². The van der Waals surface area contributed by atoms with Crippen LogP contribution in [-0.4, -0.2) is 11.5 Å². The van der Waals surface area contributed by atoms with Gasteiger partial charge in [0, 0.05) is 19.3 Å². The Morgan fingerprint density at radius 3 is 2.58 bits per heavy atom. The van der Waals surface area contributed by atoms with Crippen LogP contribution in [0.5, 0.6) is 0 Å². The lowest BCUT2D eigenvalue weighted by Gasteiger charge is -2.25. The highest BCUT2D eigenvalue weighted by Gasteiger charge is 2.12. The monoisotopic (exact) mass is 255 g/mol. The standard InChI is InChI=1S/C16H21N3/c1-3-11-19(12-14-7-5-4-6-8-14)16-15(17)13(2)9-10-18-16/h4-10H,3,11-12,17H2,1-2H3. The van der Waals surface area contributed by atoms with E-state index >= 15 is 0 Å². The molecule has 0 radical (unpaired) electrons. The van der Waals surface area contributed by atoms with Gasteiger partial charge in [0.2, 0.25) is 0 Å². The first-order valence-corrected chi connectivity index (χ1v) is 6.72. The highest BCUT2D eigenvalue weighted by molar-refractivity contribution is 5.66. The van der Waals surface area contributed by atoms with Gasteiger partial charge in [-0.15, -0.1) is 0 Å². The number of anilines is 2. The zero-order valence-electron chi connectivity index (χ0n) is 11.6. The minimum absolute atomic E-state index is 0.784. The van der Waals surface area contributed by atoms with Crippen molar-refractivity contribution in [3.05, 3.63) is 53.7 Å². The average Bonchev–Trinajstić information content (AvgIpc) is 2.43. The van der Waals surface area contributed by atoms with Gasteiger partial charge in [-0.25, -0.2) is 4.98 Å². The minimum Gasteiger partial charge on any atom is -0.396 e. The Hall–Kier alpha value is -2.03. The Morgan fingerprint density at radius 2 is 1.89 bits per heavy atom. The van der Waals surface area contributed by atoms with Gasteiger partial charge >= 0.3 is 0 Å². The fraction of sp³-hybridized carbons (Fsp3) is 0.312. The first-order valence-electron chi connectivity index (χ1n) is 6.72. The van der Waals surface area contributed by atoms with Gasteiger partial charge < -0.3 is 10.6 Å². The summed E-state index contributed by atoms with van der Waals surface area (Å²) in [6, 6.07) is 12.4. The van der Waals surface area contributed by atoms with Crippen LogP contribution in [0.3, 0.4) is 0 Å². The highest BCUT2D eigenvalue weighted by Crippen LogP contribution is 2.24. The van der Waals surface area contributed by atoms with Crippen molar-refractivity contribution in [3.63, 3.8) is 0 Å². The Balaban J connectivity index is 2.27. The van der Waals surface area contributed by atoms with Crippen molar-refractivity contribution in [2.24, 2.45) is 0 Å². The number of benzene rings is 1. The van der Waals surface area contributed by atoms with Crippen molar-refractivity contribution >= 4 is 11.5 Å². The molecule has 0 atom stereocenters. The summed E-state index contributed by atoms with van der Waals surface area (Å²) in [6.45, 7) is 5.99. The topological polar surface area (TPSA) is 42.2 Å². The molecule has 3 heteroatoms. The van der Waals surface area contributed by atoms with Crippen LogP contribution in [0.15, 0.2) is 42.6 Å². The number of hydrogen-bond donors (Lipinski definition) is 1. The summed E-state index contributed by atoms with van der Waals surface area (Å²) >= 11 is 0. The summed E-state index contributed by atoms with van der Waals surface area (Å²) in [5, 5.41) is 0. The highest BCUT2D eigenvalue weighted by atomic mass is 15.2. The Bertz CT molecular complexity index is 523. The fourth-order valence-electron chi connectivity index (χ4n) is 2.14. The van der Waals surface area contributed by atoms with Crippen molar-refractivity contribution in [2.45, 2.75) is 26.8 Å². The maximum absolute atomic E-state index is 6.16. The number of nitrogens with two attached hydrogens (primary N) is 1. The quantitative estimate of drug-likeness (QED) is 0.890. The van der Waals surface area contributed by atoms with Crippen molar-refractivity contribution in [2.75, 3.05) is 17.2 Å². The van der Waals surface area contributed by atoms with Gasteiger partial charge in [-0.3, -0.25) is 0 Å². The molecule has 0 aliphatic heterocycles. The van der Waals surface area contributed by atoms with Crippen molar-refractivity contribution < 1.29 is 0 Å². The summed E-state index contributed by atoms with van der Waals surface area (Å²) < 4.78 is 0. The molecule has 2 aromatic rings. The molecule has 0 unspecified atom stereocenters. The number of aromatic nitrogens is 1.